The molecule has 2 aromatic heterocycles. The highest BCUT2D eigenvalue weighted by Gasteiger charge is 2.11. The number of hydrogen-bond donors (Lipinski definition) is 1. The number of nitrogens with zero attached hydrogens (tertiary/aromatic N) is 3. The number of pyridine rings is 1. The lowest BCUT2D eigenvalue weighted by molar-refractivity contribution is 0.0696. The van der Waals surface area contributed by atoms with Crippen LogP contribution in [0.15, 0.2) is 22.3 Å². The van der Waals surface area contributed by atoms with Crippen LogP contribution in [-0.2, 0) is 0 Å². The zero-order valence-electron chi connectivity index (χ0n) is 11.1. The van der Waals surface area contributed by atoms with Crippen LogP contribution < -0.4 is 0 Å². The molecule has 0 saturated carbocycles. The molecule has 0 amide bonds. The lowest BCUT2D eigenvalue weighted by Gasteiger charge is -2.07. The van der Waals surface area contributed by atoms with Crippen molar-refractivity contribution in [3.63, 3.8) is 0 Å². The Kier molecular flexibility index (Phi) is 4.25. The van der Waals surface area contributed by atoms with Crippen LogP contribution in [0, 0.1) is 20.8 Å². The summed E-state index contributed by atoms with van der Waals surface area (Å²) in [4.78, 5) is 23.8. The topological polar surface area (TPSA) is 76.0 Å². The van der Waals surface area contributed by atoms with Crippen molar-refractivity contribution in [2.45, 2.75) is 31.0 Å². The number of hydrogen-bond acceptors (Lipinski definition) is 5. The van der Waals surface area contributed by atoms with Gasteiger partial charge in [-0.1, -0.05) is 11.6 Å². The van der Waals surface area contributed by atoms with Crippen molar-refractivity contribution in [2.75, 3.05) is 0 Å². The quantitative estimate of drug-likeness (QED) is 0.692. The van der Waals surface area contributed by atoms with Crippen LogP contribution in [0.2, 0.25) is 5.15 Å². The third-order valence-electron chi connectivity index (χ3n) is 2.83. The summed E-state index contributed by atoms with van der Waals surface area (Å²) in [6.45, 7) is 5.77. The van der Waals surface area contributed by atoms with Gasteiger partial charge in [0, 0.05) is 11.4 Å². The maximum absolute atomic E-state index is 11.0. The van der Waals surface area contributed by atoms with Crippen LogP contribution in [0.25, 0.3) is 0 Å². The second-order valence-electron chi connectivity index (χ2n) is 4.23. The molecule has 0 saturated heterocycles. The van der Waals surface area contributed by atoms with Gasteiger partial charge in [-0.2, -0.15) is 0 Å². The number of carboxylic acids is 1. The summed E-state index contributed by atoms with van der Waals surface area (Å²) in [5.41, 5.74) is 2.91. The normalized spacial score (nSPS) is 10.6. The minimum Gasteiger partial charge on any atom is -0.478 e. The molecule has 0 aliphatic rings. The van der Waals surface area contributed by atoms with Crippen molar-refractivity contribution in [3.8, 4) is 0 Å². The van der Waals surface area contributed by atoms with Gasteiger partial charge in [0.05, 0.1) is 5.56 Å². The molecule has 0 radical (unpaired) electrons. The Labute approximate surface area is 125 Å². The molecular weight excluding hydrogens is 298 g/mol. The Hall–Kier alpha value is -1.66. The first-order valence-corrected chi connectivity index (χ1v) is 6.97. The molecule has 2 aromatic rings. The monoisotopic (exact) mass is 309 g/mol. The highest BCUT2D eigenvalue weighted by Crippen LogP contribution is 2.26. The van der Waals surface area contributed by atoms with Gasteiger partial charge in [-0.25, -0.2) is 19.7 Å². The highest BCUT2D eigenvalue weighted by atomic mass is 35.5. The van der Waals surface area contributed by atoms with Crippen molar-refractivity contribution < 1.29 is 9.90 Å². The summed E-state index contributed by atoms with van der Waals surface area (Å²) in [7, 11) is 0. The number of aryl methyl sites for hydroxylation is 2. The van der Waals surface area contributed by atoms with Gasteiger partial charge in [0.25, 0.3) is 0 Å². The van der Waals surface area contributed by atoms with E-state index in [2.05, 4.69) is 15.0 Å². The summed E-state index contributed by atoms with van der Waals surface area (Å²) in [6.07, 6.45) is 0. The van der Waals surface area contributed by atoms with Crippen molar-refractivity contribution >= 4 is 29.3 Å². The van der Waals surface area contributed by atoms with Crippen molar-refractivity contribution in [1.82, 2.24) is 15.0 Å². The number of rotatable bonds is 3. The molecule has 104 valence electrons. The first-order chi connectivity index (χ1) is 9.36. The fourth-order valence-corrected chi connectivity index (χ4v) is 2.67. The molecule has 0 spiro atoms. The van der Waals surface area contributed by atoms with E-state index in [1.165, 1.54) is 23.9 Å². The summed E-state index contributed by atoms with van der Waals surface area (Å²) in [5.74, 6) is -1.05. The number of carboxylic acid groups (broad SMARTS) is 1. The Bertz CT molecular complexity index is 668. The molecule has 0 aromatic carbocycles. The van der Waals surface area contributed by atoms with Gasteiger partial charge >= 0.3 is 5.97 Å². The van der Waals surface area contributed by atoms with E-state index in [0.717, 1.165) is 17.0 Å². The van der Waals surface area contributed by atoms with E-state index in [1.807, 2.05) is 20.8 Å². The second-order valence-corrected chi connectivity index (χ2v) is 5.60. The maximum atomic E-state index is 11.0. The van der Waals surface area contributed by atoms with Gasteiger partial charge in [-0.3, -0.25) is 0 Å². The third kappa shape index (κ3) is 3.26. The van der Waals surface area contributed by atoms with Gasteiger partial charge in [-0.15, -0.1) is 0 Å². The fraction of sp³-hybridized carbons (Fsp3) is 0.231. The number of aromatic carboxylic acids is 1. The molecule has 0 unspecified atom stereocenters. The molecule has 0 atom stereocenters. The van der Waals surface area contributed by atoms with Crippen LogP contribution in [0.3, 0.4) is 0 Å². The maximum Gasteiger partial charge on any atom is 0.335 e. The van der Waals surface area contributed by atoms with E-state index in [4.69, 9.17) is 16.7 Å². The standard InChI is InChI=1S/C13H12ClN3O2S/c1-6-7(2)15-13(16-8(6)3)20-11-5-9(12(18)19)4-10(14)17-11/h4-5H,1-3H3,(H,18,19). The van der Waals surface area contributed by atoms with Gasteiger partial charge in [0.15, 0.2) is 5.16 Å². The minimum atomic E-state index is -1.05. The highest BCUT2D eigenvalue weighted by molar-refractivity contribution is 7.99. The lowest BCUT2D eigenvalue weighted by Crippen LogP contribution is -2.00. The average Bonchev–Trinajstić information content (AvgIpc) is 2.35. The Morgan fingerprint density at radius 2 is 1.75 bits per heavy atom. The molecular formula is C13H12ClN3O2S. The van der Waals surface area contributed by atoms with Crippen molar-refractivity contribution in [1.29, 1.82) is 0 Å². The van der Waals surface area contributed by atoms with Crippen LogP contribution in [0.1, 0.15) is 27.3 Å². The number of carbonyl (C=O) groups is 1. The summed E-state index contributed by atoms with van der Waals surface area (Å²) < 4.78 is 0. The van der Waals surface area contributed by atoms with E-state index in [0.29, 0.717) is 10.2 Å². The molecule has 7 heteroatoms. The van der Waals surface area contributed by atoms with Gasteiger partial charge in [-0.05, 0) is 50.2 Å². The van der Waals surface area contributed by atoms with Crippen LogP contribution in [0.5, 0.6) is 0 Å². The molecule has 5 nitrogen and oxygen atoms in total. The molecule has 1 N–H and O–H groups in total. The largest absolute Gasteiger partial charge is 0.478 e. The summed E-state index contributed by atoms with van der Waals surface area (Å²) >= 11 is 7.01. The SMILES string of the molecule is Cc1nc(Sc2cc(C(=O)O)cc(Cl)n2)nc(C)c1C. The number of halogens is 1. The first-order valence-electron chi connectivity index (χ1n) is 5.77. The second kappa shape index (κ2) is 5.76. The average molecular weight is 310 g/mol. The van der Waals surface area contributed by atoms with Crippen LogP contribution >= 0.6 is 23.4 Å². The molecule has 2 heterocycles. The molecule has 0 bridgehead atoms. The van der Waals surface area contributed by atoms with E-state index in [9.17, 15) is 4.79 Å². The van der Waals surface area contributed by atoms with Crippen molar-refractivity contribution in [2.24, 2.45) is 0 Å². The Morgan fingerprint density at radius 1 is 1.15 bits per heavy atom. The number of aromatic nitrogens is 3. The zero-order chi connectivity index (χ0) is 14.9. The van der Waals surface area contributed by atoms with E-state index in [-0.39, 0.29) is 10.7 Å². The van der Waals surface area contributed by atoms with Crippen LogP contribution in [-0.4, -0.2) is 26.0 Å². The zero-order valence-corrected chi connectivity index (χ0v) is 12.7. The third-order valence-corrected chi connectivity index (χ3v) is 3.80. The predicted molar refractivity (Wildman–Crippen MR) is 76.6 cm³/mol. The molecule has 2 rings (SSSR count). The summed E-state index contributed by atoms with van der Waals surface area (Å²) in [5, 5.41) is 10.1. The molecule has 0 fully saturated rings. The smallest absolute Gasteiger partial charge is 0.335 e. The summed E-state index contributed by atoms with van der Waals surface area (Å²) in [6, 6.07) is 2.76. The van der Waals surface area contributed by atoms with Gasteiger partial charge < -0.3 is 5.11 Å². The van der Waals surface area contributed by atoms with Crippen molar-refractivity contribution in [3.05, 3.63) is 39.8 Å². The van der Waals surface area contributed by atoms with E-state index in [1.54, 1.807) is 0 Å². The molecule has 20 heavy (non-hydrogen) atoms. The van der Waals surface area contributed by atoms with E-state index < -0.39 is 5.97 Å². The Morgan fingerprint density at radius 3 is 2.30 bits per heavy atom. The lowest BCUT2D eigenvalue weighted by atomic mass is 10.2. The predicted octanol–water partition coefficient (Wildman–Crippen LogP) is 3.30. The minimum absolute atomic E-state index is 0.0908. The van der Waals surface area contributed by atoms with Gasteiger partial charge in [0.1, 0.15) is 10.2 Å². The fourth-order valence-electron chi connectivity index (χ4n) is 1.53. The van der Waals surface area contributed by atoms with Gasteiger partial charge in [0.2, 0.25) is 0 Å². The molecule has 0 aliphatic heterocycles. The van der Waals surface area contributed by atoms with Crippen LogP contribution in [0.4, 0.5) is 0 Å². The Balaban J connectivity index is 2.37. The first kappa shape index (κ1) is 14.7. The van der Waals surface area contributed by atoms with E-state index >= 15 is 0 Å². The molecule has 0 aliphatic carbocycles.